The number of β-lactam (4-membered cyclic amide) rings is 1. The molecule has 1 saturated heterocycles. The molecule has 2 amide bonds. The predicted octanol–water partition coefficient (Wildman–Crippen LogP) is 6.46. The number of carbonyl (C=O) groups excluding carboxylic acids is 4. The van der Waals surface area contributed by atoms with E-state index in [1.165, 1.54) is 57.4 Å². The van der Waals surface area contributed by atoms with Gasteiger partial charge in [0.15, 0.2) is 12.2 Å². The highest BCUT2D eigenvalue weighted by Crippen LogP contribution is 2.44. The third-order valence-corrected chi connectivity index (χ3v) is 13.2. The molecule has 0 aliphatic carbocycles. The molecule has 0 saturated carbocycles. The molecule has 2 aliphatic rings. The molecule has 1 fully saturated rings. The number of hydrogen-bond acceptors (Lipinski definition) is 12. The molecule has 5 aromatic carbocycles. The SMILES string of the molecule is Cn1nnnc1SCC1=C(C(=O)OC(c2ccccc2)c2ccccc2)N2C(=O)[C@@H](NC(=O)C(Cl)(C(=O)OC(c3ccccc3)c3ccccc3)c3ccc(O)cc3)[C@@H]2SC1. The average molecular weight is 873 g/mol. The van der Waals surface area contributed by atoms with Gasteiger partial charge in [0.05, 0.1) is 0 Å². The number of nitrogens with zero attached hydrogens (tertiary/aromatic N) is 5. The van der Waals surface area contributed by atoms with E-state index < -0.39 is 52.3 Å². The Bertz CT molecular complexity index is 2490. The van der Waals surface area contributed by atoms with Crippen LogP contribution in [0.4, 0.5) is 0 Å². The number of nitrogens with one attached hydrogen (secondary N) is 1. The lowest BCUT2D eigenvalue weighted by Gasteiger charge is -2.50. The second-order valence-corrected chi connectivity index (χ2v) is 16.7. The summed E-state index contributed by atoms with van der Waals surface area (Å²) in [5, 5.41) is 24.2. The summed E-state index contributed by atoms with van der Waals surface area (Å²) in [4.78, 5) is 56.7. The van der Waals surface area contributed by atoms with Crippen molar-refractivity contribution in [3.63, 3.8) is 0 Å². The molecule has 2 aliphatic heterocycles. The highest BCUT2D eigenvalue weighted by atomic mass is 35.5. The van der Waals surface area contributed by atoms with Gasteiger partial charge >= 0.3 is 11.9 Å². The number of aryl methyl sites for hydroxylation is 1. The molecule has 8 rings (SSSR count). The van der Waals surface area contributed by atoms with Crippen molar-refractivity contribution < 1.29 is 33.8 Å². The predicted molar refractivity (Wildman–Crippen MR) is 229 cm³/mol. The van der Waals surface area contributed by atoms with Gasteiger partial charge < -0.3 is 19.9 Å². The van der Waals surface area contributed by atoms with E-state index in [-0.39, 0.29) is 28.5 Å². The molecule has 1 unspecified atom stereocenters. The summed E-state index contributed by atoms with van der Waals surface area (Å²) < 4.78 is 13.9. The minimum Gasteiger partial charge on any atom is -0.508 e. The lowest BCUT2D eigenvalue weighted by molar-refractivity contribution is -0.158. The van der Waals surface area contributed by atoms with E-state index in [0.717, 1.165) is 11.1 Å². The number of fused-ring (bicyclic) bond motifs is 1. The van der Waals surface area contributed by atoms with Gasteiger partial charge in [-0.15, -0.1) is 16.9 Å². The lowest BCUT2D eigenvalue weighted by Crippen LogP contribution is -2.72. The number of phenolic OH excluding ortho intramolecular Hbond substituents is 1. The summed E-state index contributed by atoms with van der Waals surface area (Å²) in [5.41, 5.74) is 3.37. The fraction of sp³-hybridized carbons (Fsp3) is 0.178. The van der Waals surface area contributed by atoms with E-state index in [1.54, 1.807) is 55.6 Å². The Kier molecular flexibility index (Phi) is 12.2. The zero-order chi connectivity index (χ0) is 42.5. The van der Waals surface area contributed by atoms with Gasteiger partial charge in [0.25, 0.3) is 11.8 Å². The van der Waals surface area contributed by atoms with Crippen LogP contribution in [0.2, 0.25) is 0 Å². The molecule has 61 heavy (non-hydrogen) atoms. The minimum atomic E-state index is -2.52. The van der Waals surface area contributed by atoms with Crippen molar-refractivity contribution in [2.45, 2.75) is 33.7 Å². The van der Waals surface area contributed by atoms with Crippen molar-refractivity contribution in [2.24, 2.45) is 7.05 Å². The van der Waals surface area contributed by atoms with Gasteiger partial charge in [-0.05, 0) is 55.9 Å². The van der Waals surface area contributed by atoms with Gasteiger partial charge in [0.1, 0.15) is 22.9 Å². The van der Waals surface area contributed by atoms with Gasteiger partial charge in [0, 0.05) is 18.6 Å². The smallest absolute Gasteiger partial charge is 0.356 e. The maximum absolute atomic E-state index is 14.6. The lowest BCUT2D eigenvalue weighted by atomic mass is 9.94. The van der Waals surface area contributed by atoms with E-state index in [2.05, 4.69) is 20.8 Å². The molecule has 308 valence electrons. The molecule has 13 nitrogen and oxygen atoms in total. The Morgan fingerprint density at radius 3 is 1.82 bits per heavy atom. The Morgan fingerprint density at radius 2 is 1.33 bits per heavy atom. The number of carbonyl (C=O) groups is 4. The molecule has 1 aromatic heterocycles. The zero-order valence-electron chi connectivity index (χ0n) is 32.4. The quantitative estimate of drug-likeness (QED) is 0.0404. The molecule has 16 heteroatoms. The number of halogens is 1. The first kappa shape index (κ1) is 41.3. The molecule has 0 bridgehead atoms. The number of phenols is 1. The monoisotopic (exact) mass is 872 g/mol. The molecule has 3 heterocycles. The number of tetrazole rings is 1. The van der Waals surface area contributed by atoms with Gasteiger partial charge in [0.2, 0.25) is 10.0 Å². The molecule has 0 radical (unpaired) electrons. The number of alkyl halides is 1. The minimum absolute atomic E-state index is 0.00358. The summed E-state index contributed by atoms with van der Waals surface area (Å²) in [5.74, 6) is -3.07. The first-order chi connectivity index (χ1) is 29.6. The second-order valence-electron chi connectivity index (χ2n) is 14.1. The van der Waals surface area contributed by atoms with E-state index >= 15 is 0 Å². The number of thioether (sulfide) groups is 2. The number of aromatic hydroxyl groups is 1. The Hall–Kier alpha value is -6.42. The molecule has 2 N–H and O–H groups in total. The van der Waals surface area contributed by atoms with E-state index in [1.807, 2.05) is 72.8 Å². The van der Waals surface area contributed by atoms with Crippen molar-refractivity contribution in [1.29, 1.82) is 0 Å². The highest BCUT2D eigenvalue weighted by Gasteiger charge is 2.58. The van der Waals surface area contributed by atoms with E-state index in [0.29, 0.717) is 21.9 Å². The standard InChI is InChI=1S/C45H37ClN6O7S2/c1-51-44(48-49-50-51)61-27-32-26-60-40-35(39(54)52(40)36(32)41(55)58-37(28-14-6-2-7-15-28)29-16-8-3-9-17-29)47-42(56)45(46,33-22-24-34(53)25-23-33)43(57)59-38(30-18-10-4-11-19-30)31-20-12-5-13-21-31/h2-25,35,37-38,40,53H,26-27H2,1H3,(H,47,56)/t35-,40+,45?/m1/s1. The summed E-state index contributed by atoms with van der Waals surface area (Å²) in [6.07, 6.45) is -1.75. The van der Waals surface area contributed by atoms with Crippen LogP contribution in [0.25, 0.3) is 0 Å². The number of hydrogen-bond donors (Lipinski definition) is 2. The van der Waals surface area contributed by atoms with Crippen LogP contribution in [-0.4, -0.2) is 76.9 Å². The van der Waals surface area contributed by atoms with Gasteiger partial charge in [-0.25, -0.2) is 14.3 Å². The summed E-state index contributed by atoms with van der Waals surface area (Å²) in [7, 11) is 1.70. The van der Waals surface area contributed by atoms with Crippen LogP contribution in [0.15, 0.2) is 162 Å². The van der Waals surface area contributed by atoms with Gasteiger partial charge in [-0.1, -0.05) is 157 Å². The van der Waals surface area contributed by atoms with Gasteiger partial charge in [-0.2, -0.15) is 0 Å². The van der Waals surface area contributed by atoms with Crippen molar-refractivity contribution in [2.75, 3.05) is 11.5 Å². The molecular formula is C45H37ClN6O7S2. The number of ether oxygens (including phenoxy) is 2. The molecule has 0 spiro atoms. The maximum Gasteiger partial charge on any atom is 0.356 e. The van der Waals surface area contributed by atoms with Crippen LogP contribution in [-0.2, 0) is 40.6 Å². The fourth-order valence-electron chi connectivity index (χ4n) is 7.07. The highest BCUT2D eigenvalue weighted by molar-refractivity contribution is 8.01. The number of amides is 2. The normalized spacial score (nSPS) is 17.0. The third kappa shape index (κ3) is 8.49. The van der Waals surface area contributed by atoms with Crippen molar-refractivity contribution >= 4 is 58.9 Å². The van der Waals surface area contributed by atoms with Crippen LogP contribution < -0.4 is 5.32 Å². The Morgan fingerprint density at radius 1 is 0.820 bits per heavy atom. The maximum atomic E-state index is 14.6. The molecular weight excluding hydrogens is 836 g/mol. The summed E-state index contributed by atoms with van der Waals surface area (Å²) in [6, 6.07) is 40.7. The van der Waals surface area contributed by atoms with Crippen LogP contribution in [0.5, 0.6) is 5.75 Å². The molecule has 3 atom stereocenters. The van der Waals surface area contributed by atoms with Crippen LogP contribution in [0.1, 0.15) is 40.0 Å². The largest absolute Gasteiger partial charge is 0.508 e. The summed E-state index contributed by atoms with van der Waals surface area (Å²) in [6.45, 7) is 0. The number of esters is 2. The molecule has 6 aromatic rings. The van der Waals surface area contributed by atoms with Gasteiger partial charge in [-0.3, -0.25) is 14.5 Å². The zero-order valence-corrected chi connectivity index (χ0v) is 34.8. The average Bonchev–Trinajstić information content (AvgIpc) is 3.72. The van der Waals surface area contributed by atoms with Crippen molar-refractivity contribution in [3.05, 3.63) is 185 Å². The summed E-state index contributed by atoms with van der Waals surface area (Å²) >= 11 is 9.78. The van der Waals surface area contributed by atoms with Crippen molar-refractivity contribution in [1.82, 2.24) is 30.4 Å². The topological polar surface area (TPSA) is 166 Å². The van der Waals surface area contributed by atoms with Crippen molar-refractivity contribution in [3.8, 4) is 5.75 Å². The van der Waals surface area contributed by atoms with Crippen LogP contribution in [0, 0.1) is 0 Å². The third-order valence-electron chi connectivity index (χ3n) is 10.2. The number of benzene rings is 5. The Balaban J connectivity index is 1.09. The first-order valence-electron chi connectivity index (χ1n) is 19.1. The number of aromatic nitrogens is 4. The van der Waals surface area contributed by atoms with E-state index in [4.69, 9.17) is 21.1 Å². The van der Waals surface area contributed by atoms with E-state index in [9.17, 15) is 24.3 Å². The van der Waals surface area contributed by atoms with Crippen LogP contribution in [0.3, 0.4) is 0 Å². The van der Waals surface area contributed by atoms with Crippen LogP contribution >= 0.6 is 35.1 Å². The second kappa shape index (κ2) is 18.1. The Labute approximate surface area is 364 Å². The first-order valence-corrected chi connectivity index (χ1v) is 21.5. The number of rotatable bonds is 14. The fourth-order valence-corrected chi connectivity index (χ4v) is 9.63.